The molecule has 0 amide bonds. The lowest BCUT2D eigenvalue weighted by atomic mass is 9.96. The third-order valence-corrected chi connectivity index (χ3v) is 6.62. The normalized spacial score (nSPS) is 25.1. The highest BCUT2D eigenvalue weighted by molar-refractivity contribution is 7.85. The van der Waals surface area contributed by atoms with Crippen LogP contribution in [0.2, 0.25) is 10.0 Å². The largest absolute Gasteiger partial charge is 0.313 e. The molecule has 1 fully saturated rings. The van der Waals surface area contributed by atoms with Gasteiger partial charge >= 0.3 is 0 Å². The van der Waals surface area contributed by atoms with Gasteiger partial charge in [-0.25, -0.2) is 0 Å². The number of hydrogen-bond acceptors (Lipinski definition) is 2. The lowest BCUT2D eigenvalue weighted by Gasteiger charge is -2.29. The molecule has 1 aromatic rings. The maximum Gasteiger partial charge on any atom is 0.0592 e. The molecule has 0 aromatic heterocycles. The Kier molecular flexibility index (Phi) is 7.00. The average molecular weight is 348 g/mol. The van der Waals surface area contributed by atoms with Gasteiger partial charge in [0.05, 0.1) is 26.0 Å². The number of nitrogens with one attached hydrogen (secondary N) is 1. The predicted molar refractivity (Wildman–Crippen MR) is 91.8 cm³/mol. The van der Waals surface area contributed by atoms with Crippen molar-refractivity contribution in [2.24, 2.45) is 0 Å². The summed E-state index contributed by atoms with van der Waals surface area (Å²) in [5.74, 6) is 0. The molecular weight excluding hydrogens is 325 g/mol. The fourth-order valence-corrected chi connectivity index (χ4v) is 5.32. The van der Waals surface area contributed by atoms with Crippen molar-refractivity contribution in [2.75, 3.05) is 6.54 Å². The maximum absolute atomic E-state index is 13.1. The molecule has 1 aliphatic carbocycles. The van der Waals surface area contributed by atoms with Crippen molar-refractivity contribution in [3.05, 3.63) is 28.2 Å². The summed E-state index contributed by atoms with van der Waals surface area (Å²) >= 11 is 12.3. The van der Waals surface area contributed by atoms with E-state index in [1.165, 1.54) is 19.3 Å². The molecular formula is C16H23Cl2NOS. The summed E-state index contributed by atoms with van der Waals surface area (Å²) in [6, 6.07) is 5.53. The van der Waals surface area contributed by atoms with E-state index in [1.54, 1.807) is 18.2 Å². The van der Waals surface area contributed by atoms with E-state index in [1.807, 2.05) is 0 Å². The fourth-order valence-electron chi connectivity index (χ4n) is 3.00. The first-order chi connectivity index (χ1) is 10.1. The van der Waals surface area contributed by atoms with Crippen LogP contribution < -0.4 is 5.32 Å². The minimum absolute atomic E-state index is 0.112. The smallest absolute Gasteiger partial charge is 0.0592 e. The van der Waals surface area contributed by atoms with Gasteiger partial charge in [0.1, 0.15) is 0 Å². The van der Waals surface area contributed by atoms with Gasteiger partial charge in [-0.3, -0.25) is 4.21 Å². The van der Waals surface area contributed by atoms with Crippen molar-refractivity contribution in [3.8, 4) is 0 Å². The Morgan fingerprint density at radius 1 is 1.19 bits per heavy atom. The van der Waals surface area contributed by atoms with Gasteiger partial charge in [-0.2, -0.15) is 0 Å². The third-order valence-electron chi connectivity index (χ3n) is 4.05. The van der Waals surface area contributed by atoms with Crippen LogP contribution in [0.15, 0.2) is 23.1 Å². The maximum atomic E-state index is 13.1. The van der Waals surface area contributed by atoms with Gasteiger partial charge in [0.2, 0.25) is 0 Å². The molecule has 2 rings (SSSR count). The van der Waals surface area contributed by atoms with E-state index in [4.69, 9.17) is 23.2 Å². The Morgan fingerprint density at radius 2 is 1.90 bits per heavy atom. The zero-order valence-corrected chi connectivity index (χ0v) is 14.7. The molecule has 2 nitrogen and oxygen atoms in total. The Hall–Kier alpha value is -0.0900. The molecule has 0 heterocycles. The Bertz CT molecular complexity index is 495. The van der Waals surface area contributed by atoms with Gasteiger partial charge in [-0.15, -0.1) is 0 Å². The number of benzene rings is 1. The second kappa shape index (κ2) is 8.52. The first kappa shape index (κ1) is 17.3. The minimum Gasteiger partial charge on any atom is -0.313 e. The van der Waals surface area contributed by atoms with Crippen LogP contribution in [0.3, 0.4) is 0 Å². The van der Waals surface area contributed by atoms with Crippen LogP contribution in [-0.4, -0.2) is 22.0 Å². The minimum atomic E-state index is -1.12. The highest BCUT2D eigenvalue weighted by atomic mass is 35.5. The molecule has 3 unspecified atom stereocenters. The molecule has 1 aliphatic rings. The van der Waals surface area contributed by atoms with Crippen LogP contribution in [0.4, 0.5) is 0 Å². The van der Waals surface area contributed by atoms with Crippen LogP contribution in [0.1, 0.15) is 45.4 Å². The number of rotatable bonds is 4. The molecule has 1 aromatic carbocycles. The van der Waals surface area contributed by atoms with Gasteiger partial charge in [0, 0.05) is 11.1 Å². The first-order valence-electron chi connectivity index (χ1n) is 7.72. The van der Waals surface area contributed by atoms with Crippen molar-refractivity contribution < 1.29 is 4.21 Å². The molecule has 0 spiro atoms. The zero-order valence-electron chi connectivity index (χ0n) is 12.4. The molecule has 21 heavy (non-hydrogen) atoms. The average Bonchev–Trinajstić information content (AvgIpc) is 2.44. The van der Waals surface area contributed by atoms with Crippen molar-refractivity contribution in [2.45, 2.75) is 61.6 Å². The van der Waals surface area contributed by atoms with E-state index < -0.39 is 10.8 Å². The standard InChI is InChI=1S/C16H23Cl2NOS/c1-2-19-14-7-5-3-4-6-8-15(14)21(20)16-11-12(17)9-10-13(16)18/h9-11,14-15,19H,2-8H2,1H3. The summed E-state index contributed by atoms with van der Waals surface area (Å²) < 4.78 is 13.1. The summed E-state index contributed by atoms with van der Waals surface area (Å²) in [6.07, 6.45) is 6.91. The van der Waals surface area contributed by atoms with Crippen LogP contribution in [0.5, 0.6) is 0 Å². The summed E-state index contributed by atoms with van der Waals surface area (Å²) in [7, 11) is -1.12. The molecule has 0 saturated heterocycles. The molecule has 0 radical (unpaired) electrons. The SMILES string of the molecule is CCNC1CCCCCCC1S(=O)c1cc(Cl)ccc1Cl. The van der Waals surface area contributed by atoms with E-state index in [9.17, 15) is 4.21 Å². The second-order valence-corrected chi connectivity index (χ2v) is 8.05. The number of halogens is 2. The third kappa shape index (κ3) is 4.69. The van der Waals surface area contributed by atoms with E-state index >= 15 is 0 Å². The van der Waals surface area contributed by atoms with E-state index in [2.05, 4.69) is 12.2 Å². The van der Waals surface area contributed by atoms with Crippen molar-refractivity contribution in [1.82, 2.24) is 5.32 Å². The van der Waals surface area contributed by atoms with Crippen molar-refractivity contribution in [3.63, 3.8) is 0 Å². The summed E-state index contributed by atoms with van der Waals surface area (Å²) in [5, 5.41) is 4.77. The van der Waals surface area contributed by atoms with Gasteiger partial charge in [-0.05, 0) is 37.6 Å². The Balaban J connectivity index is 2.25. The quantitative estimate of drug-likeness (QED) is 0.847. The monoisotopic (exact) mass is 347 g/mol. The van der Waals surface area contributed by atoms with Gasteiger partial charge in [0.15, 0.2) is 0 Å². The lowest BCUT2D eigenvalue weighted by molar-refractivity contribution is 0.400. The zero-order chi connectivity index (χ0) is 15.2. The lowest BCUT2D eigenvalue weighted by Crippen LogP contribution is -2.42. The van der Waals surface area contributed by atoms with Crippen LogP contribution in [0.25, 0.3) is 0 Å². The van der Waals surface area contributed by atoms with Crippen molar-refractivity contribution in [1.29, 1.82) is 0 Å². The van der Waals surface area contributed by atoms with Crippen LogP contribution >= 0.6 is 23.2 Å². The van der Waals surface area contributed by atoms with E-state index in [0.717, 1.165) is 25.8 Å². The van der Waals surface area contributed by atoms with Crippen molar-refractivity contribution >= 4 is 34.0 Å². The summed E-state index contributed by atoms with van der Waals surface area (Å²) in [5.41, 5.74) is 0. The number of hydrogen-bond donors (Lipinski definition) is 1. The van der Waals surface area contributed by atoms with E-state index in [-0.39, 0.29) is 5.25 Å². The molecule has 3 atom stereocenters. The fraction of sp³-hybridized carbons (Fsp3) is 0.625. The highest BCUT2D eigenvalue weighted by Crippen LogP contribution is 2.30. The molecule has 1 saturated carbocycles. The van der Waals surface area contributed by atoms with Crippen LogP contribution in [0, 0.1) is 0 Å². The Morgan fingerprint density at radius 3 is 2.62 bits per heavy atom. The molecule has 0 bridgehead atoms. The van der Waals surface area contributed by atoms with Gasteiger partial charge in [0.25, 0.3) is 0 Å². The molecule has 118 valence electrons. The summed E-state index contributed by atoms with van der Waals surface area (Å²) in [4.78, 5) is 0.678. The highest BCUT2D eigenvalue weighted by Gasteiger charge is 2.29. The topological polar surface area (TPSA) is 29.1 Å². The van der Waals surface area contributed by atoms with Gasteiger partial charge < -0.3 is 5.32 Å². The second-order valence-electron chi connectivity index (χ2n) is 5.57. The van der Waals surface area contributed by atoms with Gasteiger partial charge in [-0.1, -0.05) is 55.8 Å². The van der Waals surface area contributed by atoms with E-state index in [0.29, 0.717) is 21.0 Å². The molecule has 1 N–H and O–H groups in total. The predicted octanol–water partition coefficient (Wildman–Crippen LogP) is 4.80. The molecule has 5 heteroatoms. The summed E-state index contributed by atoms with van der Waals surface area (Å²) in [6.45, 7) is 3.01. The molecule has 0 aliphatic heterocycles. The first-order valence-corrected chi connectivity index (χ1v) is 9.69. The van der Waals surface area contributed by atoms with Crippen LogP contribution in [-0.2, 0) is 10.8 Å². The Labute approximate surface area is 140 Å².